The van der Waals surface area contributed by atoms with Crippen molar-refractivity contribution in [2.24, 2.45) is 0 Å². The summed E-state index contributed by atoms with van der Waals surface area (Å²) in [6, 6.07) is 6.86. The Bertz CT molecular complexity index is 444. The summed E-state index contributed by atoms with van der Waals surface area (Å²) in [5.74, 6) is -0.229. The van der Waals surface area contributed by atoms with Crippen LogP contribution in [0.1, 0.15) is 37.7 Å². The predicted octanol–water partition coefficient (Wildman–Crippen LogP) is 3.34. The van der Waals surface area contributed by atoms with Crippen molar-refractivity contribution in [3.05, 3.63) is 35.6 Å². The molecule has 4 heteroatoms. The van der Waals surface area contributed by atoms with E-state index in [1.165, 1.54) is 31.4 Å². The molecule has 0 aliphatic heterocycles. The largest absolute Gasteiger partial charge is 0.338 e. The first-order chi connectivity index (χ1) is 9.66. The molecule has 1 aliphatic rings. The maximum absolute atomic E-state index is 13.0. The first kappa shape index (κ1) is 14.8. The number of benzene rings is 1. The van der Waals surface area contributed by atoms with Gasteiger partial charge >= 0.3 is 6.03 Å². The van der Waals surface area contributed by atoms with E-state index in [9.17, 15) is 9.18 Å². The van der Waals surface area contributed by atoms with E-state index in [2.05, 4.69) is 5.32 Å². The Morgan fingerprint density at radius 1 is 1.35 bits per heavy atom. The maximum atomic E-state index is 13.0. The van der Waals surface area contributed by atoms with Gasteiger partial charge in [-0.25, -0.2) is 9.18 Å². The summed E-state index contributed by atoms with van der Waals surface area (Å²) in [7, 11) is 1.87. The number of carbonyl (C=O) groups excluding carboxylic acids is 1. The van der Waals surface area contributed by atoms with Gasteiger partial charge in [0.2, 0.25) is 0 Å². The summed E-state index contributed by atoms with van der Waals surface area (Å²) in [6.07, 6.45) is 6.58. The standard InChI is InChI=1S/C16H23FN2O/c1-19(15-8-3-2-4-9-15)16(20)18-11-10-13-6-5-7-14(17)12-13/h5-7,12,15H,2-4,8-11H2,1H3,(H,18,20). The predicted molar refractivity (Wildman–Crippen MR) is 78.1 cm³/mol. The summed E-state index contributed by atoms with van der Waals surface area (Å²) >= 11 is 0. The minimum atomic E-state index is -0.229. The molecule has 2 rings (SSSR count). The molecular formula is C16H23FN2O. The van der Waals surface area contributed by atoms with Gasteiger partial charge in [-0.1, -0.05) is 31.4 Å². The van der Waals surface area contributed by atoms with Crippen LogP contribution in [0.3, 0.4) is 0 Å². The number of nitrogens with one attached hydrogen (secondary N) is 1. The average Bonchev–Trinajstić information content (AvgIpc) is 2.47. The molecule has 0 unspecified atom stereocenters. The minimum Gasteiger partial charge on any atom is -0.338 e. The highest BCUT2D eigenvalue weighted by Crippen LogP contribution is 2.21. The third kappa shape index (κ3) is 4.22. The fourth-order valence-electron chi connectivity index (χ4n) is 2.77. The molecule has 0 spiro atoms. The van der Waals surface area contributed by atoms with Gasteiger partial charge in [0, 0.05) is 19.6 Å². The molecule has 0 saturated heterocycles. The van der Waals surface area contributed by atoms with E-state index in [0.717, 1.165) is 18.4 Å². The number of carbonyl (C=O) groups is 1. The summed E-state index contributed by atoms with van der Waals surface area (Å²) in [5, 5.41) is 2.91. The molecule has 1 aromatic carbocycles. The molecule has 20 heavy (non-hydrogen) atoms. The Morgan fingerprint density at radius 2 is 2.10 bits per heavy atom. The van der Waals surface area contributed by atoms with Crippen molar-refractivity contribution in [1.29, 1.82) is 0 Å². The monoisotopic (exact) mass is 278 g/mol. The molecule has 1 aliphatic carbocycles. The molecule has 1 saturated carbocycles. The molecular weight excluding hydrogens is 255 g/mol. The second-order valence-electron chi connectivity index (χ2n) is 5.51. The topological polar surface area (TPSA) is 32.3 Å². The lowest BCUT2D eigenvalue weighted by molar-refractivity contribution is 0.174. The second-order valence-corrected chi connectivity index (χ2v) is 5.51. The van der Waals surface area contributed by atoms with E-state index in [0.29, 0.717) is 19.0 Å². The molecule has 3 nitrogen and oxygen atoms in total. The van der Waals surface area contributed by atoms with Crippen molar-refractivity contribution in [3.8, 4) is 0 Å². The van der Waals surface area contributed by atoms with Gasteiger partial charge in [-0.05, 0) is 37.0 Å². The number of urea groups is 1. The van der Waals surface area contributed by atoms with Gasteiger partial charge in [0.1, 0.15) is 5.82 Å². The summed E-state index contributed by atoms with van der Waals surface area (Å²) < 4.78 is 13.0. The van der Waals surface area contributed by atoms with Crippen LogP contribution in [-0.4, -0.2) is 30.6 Å². The van der Waals surface area contributed by atoms with E-state index in [1.54, 1.807) is 6.07 Å². The number of amides is 2. The zero-order valence-corrected chi connectivity index (χ0v) is 12.1. The summed E-state index contributed by atoms with van der Waals surface area (Å²) in [6.45, 7) is 0.541. The fraction of sp³-hybridized carbons (Fsp3) is 0.562. The molecule has 0 atom stereocenters. The van der Waals surface area contributed by atoms with Gasteiger partial charge in [0.25, 0.3) is 0 Å². The SMILES string of the molecule is CN(C(=O)NCCc1cccc(F)c1)C1CCCCC1. The van der Waals surface area contributed by atoms with Crippen LogP contribution in [0.4, 0.5) is 9.18 Å². The van der Waals surface area contributed by atoms with Crippen molar-refractivity contribution in [1.82, 2.24) is 10.2 Å². The lowest BCUT2D eigenvalue weighted by Gasteiger charge is -2.31. The van der Waals surface area contributed by atoms with E-state index in [-0.39, 0.29) is 11.8 Å². The van der Waals surface area contributed by atoms with E-state index in [4.69, 9.17) is 0 Å². The van der Waals surface area contributed by atoms with Crippen molar-refractivity contribution in [2.45, 2.75) is 44.6 Å². The minimum absolute atomic E-state index is 0.0201. The Kier molecular flexibility index (Phi) is 5.39. The summed E-state index contributed by atoms with van der Waals surface area (Å²) in [5.41, 5.74) is 0.908. The smallest absolute Gasteiger partial charge is 0.317 e. The number of hydrogen-bond acceptors (Lipinski definition) is 1. The van der Waals surface area contributed by atoms with E-state index in [1.807, 2.05) is 18.0 Å². The molecule has 0 heterocycles. The quantitative estimate of drug-likeness (QED) is 0.900. The number of hydrogen-bond donors (Lipinski definition) is 1. The van der Waals surface area contributed by atoms with Gasteiger partial charge in [-0.3, -0.25) is 0 Å². The van der Waals surface area contributed by atoms with Gasteiger partial charge in [-0.15, -0.1) is 0 Å². The first-order valence-electron chi connectivity index (χ1n) is 7.42. The van der Waals surface area contributed by atoms with Crippen molar-refractivity contribution in [3.63, 3.8) is 0 Å². The third-order valence-electron chi connectivity index (χ3n) is 4.02. The number of halogens is 1. The fourth-order valence-corrected chi connectivity index (χ4v) is 2.77. The zero-order chi connectivity index (χ0) is 14.4. The van der Waals surface area contributed by atoms with Crippen LogP contribution in [0.15, 0.2) is 24.3 Å². The maximum Gasteiger partial charge on any atom is 0.317 e. The molecule has 110 valence electrons. The Labute approximate surface area is 120 Å². The van der Waals surface area contributed by atoms with Crippen LogP contribution < -0.4 is 5.32 Å². The molecule has 1 aromatic rings. The Morgan fingerprint density at radius 3 is 2.80 bits per heavy atom. The Balaban J connectivity index is 1.74. The van der Waals surface area contributed by atoms with E-state index < -0.39 is 0 Å². The van der Waals surface area contributed by atoms with Crippen LogP contribution in [0.2, 0.25) is 0 Å². The zero-order valence-electron chi connectivity index (χ0n) is 12.1. The molecule has 0 bridgehead atoms. The normalized spacial score (nSPS) is 15.9. The van der Waals surface area contributed by atoms with Crippen LogP contribution in [0, 0.1) is 5.82 Å². The van der Waals surface area contributed by atoms with Gasteiger partial charge in [0.15, 0.2) is 0 Å². The van der Waals surface area contributed by atoms with Crippen molar-refractivity contribution < 1.29 is 9.18 Å². The number of rotatable bonds is 4. The Hall–Kier alpha value is -1.58. The van der Waals surface area contributed by atoms with Gasteiger partial charge in [0.05, 0.1) is 0 Å². The van der Waals surface area contributed by atoms with Crippen LogP contribution >= 0.6 is 0 Å². The molecule has 1 N–H and O–H groups in total. The van der Waals surface area contributed by atoms with Crippen LogP contribution in [0.25, 0.3) is 0 Å². The van der Waals surface area contributed by atoms with Gasteiger partial charge < -0.3 is 10.2 Å². The average molecular weight is 278 g/mol. The third-order valence-corrected chi connectivity index (χ3v) is 4.02. The highest BCUT2D eigenvalue weighted by molar-refractivity contribution is 5.74. The highest BCUT2D eigenvalue weighted by Gasteiger charge is 2.21. The molecule has 0 aromatic heterocycles. The highest BCUT2D eigenvalue weighted by atomic mass is 19.1. The van der Waals surface area contributed by atoms with Crippen LogP contribution in [0.5, 0.6) is 0 Å². The lowest BCUT2D eigenvalue weighted by Crippen LogP contribution is -2.44. The van der Waals surface area contributed by atoms with Crippen LogP contribution in [-0.2, 0) is 6.42 Å². The number of nitrogens with zero attached hydrogens (tertiary/aromatic N) is 1. The van der Waals surface area contributed by atoms with Crippen molar-refractivity contribution in [2.75, 3.05) is 13.6 Å². The molecule has 0 radical (unpaired) electrons. The van der Waals surface area contributed by atoms with Gasteiger partial charge in [-0.2, -0.15) is 0 Å². The van der Waals surface area contributed by atoms with E-state index >= 15 is 0 Å². The summed E-state index contributed by atoms with van der Waals surface area (Å²) in [4.78, 5) is 13.9. The van der Waals surface area contributed by atoms with Crippen molar-refractivity contribution >= 4 is 6.03 Å². The molecule has 2 amide bonds. The molecule has 1 fully saturated rings. The second kappa shape index (κ2) is 7.27. The lowest BCUT2D eigenvalue weighted by atomic mass is 9.95. The first-order valence-corrected chi connectivity index (χ1v) is 7.42.